The molecule has 0 aliphatic heterocycles. The van der Waals surface area contributed by atoms with Crippen LogP contribution >= 0.6 is 0 Å². The van der Waals surface area contributed by atoms with Crippen molar-refractivity contribution in [3.63, 3.8) is 0 Å². The highest BCUT2D eigenvalue weighted by molar-refractivity contribution is 5.25. The van der Waals surface area contributed by atoms with Crippen LogP contribution in [0.15, 0.2) is 30.4 Å². The fraction of sp³-hybridized carbons (Fsp3) is 0.429. The van der Waals surface area contributed by atoms with Crippen LogP contribution in [0.2, 0.25) is 0 Å². The zero-order chi connectivity index (χ0) is 11.5. The molecule has 2 heteroatoms. The highest BCUT2D eigenvalue weighted by Crippen LogP contribution is 2.19. The summed E-state index contributed by atoms with van der Waals surface area (Å²) in [6.45, 7) is 3.88. The molecule has 0 heterocycles. The largest absolute Gasteiger partial charge is 0.307 e. The third-order valence-electron chi connectivity index (χ3n) is 3.19. The minimum absolute atomic E-state index is 0.115. The molecular weight excluding hydrogens is 201 g/mol. The summed E-state index contributed by atoms with van der Waals surface area (Å²) in [5.74, 6) is -0.115. The lowest BCUT2D eigenvalue weighted by atomic mass is 10.0. The number of rotatable bonds is 3. The SMILES string of the molecule is Cc1ccc(C(C)NC2CC=CC2)cc1F. The van der Waals surface area contributed by atoms with Crippen molar-refractivity contribution >= 4 is 0 Å². The van der Waals surface area contributed by atoms with E-state index in [1.807, 2.05) is 12.1 Å². The van der Waals surface area contributed by atoms with Crippen molar-refractivity contribution < 1.29 is 4.39 Å². The van der Waals surface area contributed by atoms with E-state index >= 15 is 0 Å². The van der Waals surface area contributed by atoms with Crippen LogP contribution in [-0.4, -0.2) is 6.04 Å². The molecule has 1 aliphatic carbocycles. The number of hydrogen-bond donors (Lipinski definition) is 1. The van der Waals surface area contributed by atoms with Gasteiger partial charge >= 0.3 is 0 Å². The first-order valence-corrected chi connectivity index (χ1v) is 5.84. The Kier molecular flexibility index (Phi) is 3.39. The van der Waals surface area contributed by atoms with Gasteiger partial charge in [-0.05, 0) is 43.9 Å². The molecule has 1 aromatic carbocycles. The Morgan fingerprint density at radius 3 is 2.62 bits per heavy atom. The fourth-order valence-electron chi connectivity index (χ4n) is 2.08. The van der Waals surface area contributed by atoms with Gasteiger partial charge in [0.2, 0.25) is 0 Å². The molecule has 1 atom stereocenters. The molecule has 0 amide bonds. The van der Waals surface area contributed by atoms with Gasteiger partial charge in [-0.25, -0.2) is 4.39 Å². The van der Waals surface area contributed by atoms with Gasteiger partial charge in [-0.15, -0.1) is 0 Å². The predicted octanol–water partition coefficient (Wildman–Crippen LogP) is 3.50. The van der Waals surface area contributed by atoms with E-state index in [1.54, 1.807) is 13.0 Å². The van der Waals surface area contributed by atoms with Crippen LogP contribution in [0.3, 0.4) is 0 Å². The standard InChI is InChI=1S/C14H18FN/c1-10-7-8-12(9-14(10)15)11(2)16-13-5-3-4-6-13/h3-4,7-9,11,13,16H,5-6H2,1-2H3. The maximum Gasteiger partial charge on any atom is 0.126 e. The fourth-order valence-corrected chi connectivity index (χ4v) is 2.08. The summed E-state index contributed by atoms with van der Waals surface area (Å²) < 4.78 is 13.4. The molecule has 1 nitrogen and oxygen atoms in total. The van der Waals surface area contributed by atoms with E-state index in [0.717, 1.165) is 18.4 Å². The monoisotopic (exact) mass is 219 g/mol. The minimum atomic E-state index is -0.115. The average molecular weight is 219 g/mol. The molecule has 0 saturated heterocycles. The van der Waals surface area contributed by atoms with Crippen molar-refractivity contribution in [1.29, 1.82) is 0 Å². The quantitative estimate of drug-likeness (QED) is 0.767. The van der Waals surface area contributed by atoms with Crippen LogP contribution in [0, 0.1) is 12.7 Å². The number of hydrogen-bond acceptors (Lipinski definition) is 1. The first kappa shape index (κ1) is 11.3. The first-order chi connectivity index (χ1) is 7.66. The van der Waals surface area contributed by atoms with Crippen molar-refractivity contribution in [3.8, 4) is 0 Å². The van der Waals surface area contributed by atoms with Crippen LogP contribution in [0.5, 0.6) is 0 Å². The molecule has 0 radical (unpaired) electrons. The Morgan fingerprint density at radius 2 is 2.00 bits per heavy atom. The van der Waals surface area contributed by atoms with Gasteiger partial charge in [0.15, 0.2) is 0 Å². The summed E-state index contributed by atoms with van der Waals surface area (Å²) in [5.41, 5.74) is 1.73. The number of nitrogens with one attached hydrogen (secondary N) is 1. The van der Waals surface area contributed by atoms with Gasteiger partial charge in [0.25, 0.3) is 0 Å². The van der Waals surface area contributed by atoms with E-state index in [0.29, 0.717) is 11.6 Å². The Hall–Kier alpha value is -1.15. The van der Waals surface area contributed by atoms with Crippen LogP contribution < -0.4 is 5.32 Å². The third kappa shape index (κ3) is 2.50. The summed E-state index contributed by atoms with van der Waals surface area (Å²) in [6, 6.07) is 6.20. The second-order valence-electron chi connectivity index (χ2n) is 4.54. The lowest BCUT2D eigenvalue weighted by molar-refractivity contribution is 0.469. The van der Waals surface area contributed by atoms with E-state index in [1.165, 1.54) is 0 Å². The number of benzene rings is 1. The number of aryl methyl sites for hydroxylation is 1. The van der Waals surface area contributed by atoms with Gasteiger partial charge < -0.3 is 5.32 Å². The maximum absolute atomic E-state index is 13.4. The minimum Gasteiger partial charge on any atom is -0.307 e. The van der Waals surface area contributed by atoms with Crippen molar-refractivity contribution in [1.82, 2.24) is 5.32 Å². The van der Waals surface area contributed by atoms with Gasteiger partial charge in [-0.3, -0.25) is 0 Å². The Bertz CT molecular complexity index is 390. The molecule has 0 aromatic heterocycles. The maximum atomic E-state index is 13.4. The van der Waals surface area contributed by atoms with Crippen molar-refractivity contribution in [2.75, 3.05) is 0 Å². The summed E-state index contributed by atoms with van der Waals surface area (Å²) >= 11 is 0. The van der Waals surface area contributed by atoms with Crippen molar-refractivity contribution in [2.45, 2.75) is 38.8 Å². The molecular formula is C14H18FN. The van der Waals surface area contributed by atoms with Crippen LogP contribution in [0.25, 0.3) is 0 Å². The van der Waals surface area contributed by atoms with Crippen LogP contribution in [0.4, 0.5) is 4.39 Å². The second kappa shape index (κ2) is 4.79. The zero-order valence-electron chi connectivity index (χ0n) is 9.83. The van der Waals surface area contributed by atoms with Crippen LogP contribution in [-0.2, 0) is 0 Å². The highest BCUT2D eigenvalue weighted by atomic mass is 19.1. The molecule has 0 fully saturated rings. The van der Waals surface area contributed by atoms with E-state index in [4.69, 9.17) is 0 Å². The molecule has 1 aromatic rings. The van der Waals surface area contributed by atoms with Gasteiger partial charge in [0.05, 0.1) is 0 Å². The average Bonchev–Trinajstić information content (AvgIpc) is 2.74. The molecule has 0 bridgehead atoms. The van der Waals surface area contributed by atoms with E-state index in [9.17, 15) is 4.39 Å². The molecule has 86 valence electrons. The topological polar surface area (TPSA) is 12.0 Å². The third-order valence-corrected chi connectivity index (χ3v) is 3.19. The molecule has 16 heavy (non-hydrogen) atoms. The Balaban J connectivity index is 2.02. The summed E-state index contributed by atoms with van der Waals surface area (Å²) in [5, 5.41) is 3.51. The van der Waals surface area contributed by atoms with Crippen LogP contribution in [0.1, 0.15) is 36.9 Å². The predicted molar refractivity (Wildman–Crippen MR) is 64.8 cm³/mol. The second-order valence-corrected chi connectivity index (χ2v) is 4.54. The van der Waals surface area contributed by atoms with Gasteiger partial charge in [-0.1, -0.05) is 24.3 Å². The molecule has 1 aliphatic rings. The Labute approximate surface area is 96.4 Å². The van der Waals surface area contributed by atoms with Crippen molar-refractivity contribution in [2.24, 2.45) is 0 Å². The zero-order valence-corrected chi connectivity index (χ0v) is 9.83. The number of halogens is 1. The van der Waals surface area contributed by atoms with Gasteiger partial charge in [-0.2, -0.15) is 0 Å². The smallest absolute Gasteiger partial charge is 0.126 e. The molecule has 0 saturated carbocycles. The normalized spacial score (nSPS) is 17.9. The summed E-state index contributed by atoms with van der Waals surface area (Å²) in [7, 11) is 0. The van der Waals surface area contributed by atoms with E-state index < -0.39 is 0 Å². The lowest BCUT2D eigenvalue weighted by Crippen LogP contribution is -2.29. The van der Waals surface area contributed by atoms with Gasteiger partial charge in [0, 0.05) is 12.1 Å². The molecule has 1 N–H and O–H groups in total. The van der Waals surface area contributed by atoms with Crippen molar-refractivity contribution in [3.05, 3.63) is 47.3 Å². The Morgan fingerprint density at radius 1 is 1.31 bits per heavy atom. The summed E-state index contributed by atoms with van der Waals surface area (Å²) in [4.78, 5) is 0. The van der Waals surface area contributed by atoms with E-state index in [2.05, 4.69) is 24.4 Å². The highest BCUT2D eigenvalue weighted by Gasteiger charge is 2.14. The summed E-state index contributed by atoms with van der Waals surface area (Å²) in [6.07, 6.45) is 6.55. The molecule has 0 spiro atoms. The molecule has 2 rings (SSSR count). The van der Waals surface area contributed by atoms with Gasteiger partial charge in [0.1, 0.15) is 5.82 Å². The van der Waals surface area contributed by atoms with E-state index in [-0.39, 0.29) is 11.9 Å². The first-order valence-electron chi connectivity index (χ1n) is 5.84. The molecule has 1 unspecified atom stereocenters. The lowest BCUT2D eigenvalue weighted by Gasteiger charge is -2.19.